The molecule has 35 heavy (non-hydrogen) atoms. The Balaban J connectivity index is 1.23. The van der Waals surface area contributed by atoms with Crippen molar-refractivity contribution in [3.05, 3.63) is 83.4 Å². The lowest BCUT2D eigenvalue weighted by molar-refractivity contribution is -0.133. The zero-order valence-electron chi connectivity index (χ0n) is 18.8. The second-order valence-corrected chi connectivity index (χ2v) is 8.87. The first kappa shape index (κ1) is 24.2. The number of nitrogens with zero attached hydrogens (tertiary/aromatic N) is 2. The van der Waals surface area contributed by atoms with E-state index in [4.69, 9.17) is 9.84 Å². The van der Waals surface area contributed by atoms with Crippen molar-refractivity contribution < 1.29 is 24.2 Å². The Morgan fingerprint density at radius 2 is 1.57 bits per heavy atom. The molecule has 10 heteroatoms. The van der Waals surface area contributed by atoms with Crippen LogP contribution in [0.25, 0.3) is 11.1 Å². The quantitative estimate of drug-likeness (QED) is 0.368. The smallest absolute Gasteiger partial charge is 0.407 e. The zero-order valence-corrected chi connectivity index (χ0v) is 19.6. The summed E-state index contributed by atoms with van der Waals surface area (Å²) in [6.45, 7) is 0.608. The topological polar surface area (TPSA) is 131 Å². The normalized spacial score (nSPS) is 11.9. The number of aromatic nitrogens is 2. The minimum Gasteiger partial charge on any atom is -0.481 e. The number of amides is 2. The van der Waals surface area contributed by atoms with E-state index in [1.165, 1.54) is 24.2 Å². The Bertz CT molecular complexity index is 1170. The maximum Gasteiger partial charge on any atom is 0.407 e. The number of carbonyl (C=O) groups excluding carboxylic acids is 2. The van der Waals surface area contributed by atoms with Crippen LogP contribution >= 0.6 is 11.8 Å². The van der Waals surface area contributed by atoms with Crippen molar-refractivity contribution in [1.82, 2.24) is 20.6 Å². The number of thioether (sulfide) groups is 1. The molecule has 0 atom stereocenters. The number of carboxylic acids is 1. The summed E-state index contributed by atoms with van der Waals surface area (Å²) in [6.07, 6.45) is 2.18. The maximum absolute atomic E-state index is 12.3. The number of fused-ring (bicyclic) bond motifs is 3. The molecule has 4 rings (SSSR count). The van der Waals surface area contributed by atoms with Crippen LogP contribution in [0.4, 0.5) is 4.79 Å². The first-order chi connectivity index (χ1) is 17.0. The number of alkyl carbamates (subject to hydrolysis) is 1. The van der Waals surface area contributed by atoms with Gasteiger partial charge in [0.15, 0.2) is 0 Å². The Morgan fingerprint density at radius 3 is 2.20 bits per heavy atom. The van der Waals surface area contributed by atoms with Crippen LogP contribution in [-0.2, 0) is 16.1 Å². The van der Waals surface area contributed by atoms with Gasteiger partial charge in [-0.15, -0.1) is 11.8 Å². The molecule has 0 saturated carbocycles. The van der Waals surface area contributed by atoms with Crippen LogP contribution in [-0.4, -0.2) is 57.7 Å². The van der Waals surface area contributed by atoms with Crippen LogP contribution in [0, 0.1) is 0 Å². The van der Waals surface area contributed by atoms with Crippen molar-refractivity contribution in [2.45, 2.75) is 12.5 Å². The summed E-state index contributed by atoms with van der Waals surface area (Å²) in [7, 11) is 0. The monoisotopic (exact) mass is 492 g/mol. The third kappa shape index (κ3) is 6.15. The summed E-state index contributed by atoms with van der Waals surface area (Å²) in [5.41, 5.74) is 4.87. The lowest BCUT2D eigenvalue weighted by Crippen LogP contribution is -2.28. The van der Waals surface area contributed by atoms with E-state index in [1.54, 1.807) is 0 Å². The summed E-state index contributed by atoms with van der Waals surface area (Å²) in [5.74, 6) is -0.448. The summed E-state index contributed by atoms with van der Waals surface area (Å²) >= 11 is 1.22. The average Bonchev–Trinajstić information content (AvgIpc) is 3.19. The number of ether oxygens (including phenoxy) is 1. The summed E-state index contributed by atoms with van der Waals surface area (Å²) in [6, 6.07) is 16.2. The number of carbonyl (C=O) groups is 3. The molecule has 9 nitrogen and oxygen atoms in total. The van der Waals surface area contributed by atoms with E-state index in [-0.39, 0.29) is 36.3 Å². The summed E-state index contributed by atoms with van der Waals surface area (Å²) < 4.78 is 5.49. The van der Waals surface area contributed by atoms with E-state index in [0.717, 1.165) is 22.3 Å². The van der Waals surface area contributed by atoms with Gasteiger partial charge in [0.1, 0.15) is 12.4 Å². The van der Waals surface area contributed by atoms with Gasteiger partial charge < -0.3 is 20.5 Å². The first-order valence-corrected chi connectivity index (χ1v) is 12.2. The Hall–Kier alpha value is -3.92. The third-order valence-corrected chi connectivity index (χ3v) is 6.40. The zero-order chi connectivity index (χ0) is 24.6. The van der Waals surface area contributed by atoms with Gasteiger partial charge >= 0.3 is 12.1 Å². The molecule has 1 aromatic heterocycles. The number of rotatable bonds is 10. The highest BCUT2D eigenvalue weighted by Crippen LogP contribution is 2.44. The maximum atomic E-state index is 12.3. The first-order valence-electron chi connectivity index (χ1n) is 11.0. The fourth-order valence-electron chi connectivity index (χ4n) is 3.86. The van der Waals surface area contributed by atoms with Gasteiger partial charge in [0.25, 0.3) is 5.91 Å². The number of aliphatic carboxylic acids is 1. The van der Waals surface area contributed by atoms with E-state index in [2.05, 4.69) is 44.9 Å². The Kier molecular flexibility index (Phi) is 7.94. The second kappa shape index (κ2) is 11.5. The predicted molar refractivity (Wildman–Crippen MR) is 131 cm³/mol. The van der Waals surface area contributed by atoms with E-state index < -0.39 is 12.1 Å². The van der Waals surface area contributed by atoms with Gasteiger partial charge in [0.05, 0.1) is 17.9 Å². The molecule has 0 unspecified atom stereocenters. The molecule has 0 radical (unpaired) electrons. The predicted octanol–water partition coefficient (Wildman–Crippen LogP) is 3.06. The van der Waals surface area contributed by atoms with E-state index >= 15 is 0 Å². The SMILES string of the molecule is O=C(O)CSCCNC(=O)c1cnc(CNC(=O)OCC2c3ccccc3-c3ccccc32)nc1. The molecular weight excluding hydrogens is 468 g/mol. The molecule has 1 aliphatic rings. The number of carboxylic acid groups (broad SMARTS) is 1. The third-order valence-electron chi connectivity index (χ3n) is 5.46. The van der Waals surface area contributed by atoms with Gasteiger partial charge in [0, 0.05) is 30.6 Å². The van der Waals surface area contributed by atoms with Crippen molar-refractivity contribution >= 4 is 29.7 Å². The fraction of sp³-hybridized carbons (Fsp3) is 0.240. The van der Waals surface area contributed by atoms with Gasteiger partial charge in [-0.2, -0.15) is 0 Å². The largest absolute Gasteiger partial charge is 0.481 e. The van der Waals surface area contributed by atoms with Crippen LogP contribution in [0.5, 0.6) is 0 Å². The van der Waals surface area contributed by atoms with Crippen LogP contribution in [0.15, 0.2) is 60.9 Å². The van der Waals surface area contributed by atoms with E-state index in [0.29, 0.717) is 18.1 Å². The number of hydrogen-bond donors (Lipinski definition) is 3. The van der Waals surface area contributed by atoms with Gasteiger partial charge in [0.2, 0.25) is 0 Å². The molecule has 180 valence electrons. The highest BCUT2D eigenvalue weighted by Gasteiger charge is 2.28. The molecule has 0 bridgehead atoms. The van der Waals surface area contributed by atoms with Crippen LogP contribution in [0.1, 0.15) is 33.2 Å². The van der Waals surface area contributed by atoms with Crippen LogP contribution < -0.4 is 10.6 Å². The van der Waals surface area contributed by atoms with Gasteiger partial charge in [-0.1, -0.05) is 48.5 Å². The molecule has 0 spiro atoms. The average molecular weight is 493 g/mol. The van der Waals surface area contributed by atoms with E-state index in [9.17, 15) is 14.4 Å². The minimum atomic E-state index is -0.892. The lowest BCUT2D eigenvalue weighted by atomic mass is 9.98. The van der Waals surface area contributed by atoms with Gasteiger partial charge in [-0.05, 0) is 22.3 Å². The molecule has 0 fully saturated rings. The van der Waals surface area contributed by atoms with Crippen molar-refractivity contribution in [3.8, 4) is 11.1 Å². The molecule has 2 amide bonds. The molecule has 3 N–H and O–H groups in total. The van der Waals surface area contributed by atoms with Crippen molar-refractivity contribution in [2.24, 2.45) is 0 Å². The van der Waals surface area contributed by atoms with Gasteiger partial charge in [-0.25, -0.2) is 14.8 Å². The van der Waals surface area contributed by atoms with Gasteiger partial charge in [-0.3, -0.25) is 9.59 Å². The molecule has 1 aliphatic carbocycles. The highest BCUT2D eigenvalue weighted by atomic mass is 32.2. The number of benzene rings is 2. The molecule has 2 aromatic carbocycles. The van der Waals surface area contributed by atoms with Crippen LogP contribution in [0.2, 0.25) is 0 Å². The standard InChI is InChI=1S/C25H24N4O5S/c30-23(31)15-35-10-9-26-24(32)16-11-27-22(28-12-16)13-29-25(33)34-14-21-19-7-3-1-5-17(19)18-6-2-4-8-20(18)21/h1-8,11-12,21H,9-10,13-15H2,(H,26,32)(H,29,33)(H,30,31). The minimum absolute atomic E-state index is 0.00957. The van der Waals surface area contributed by atoms with E-state index in [1.807, 2.05) is 24.3 Å². The second-order valence-electron chi connectivity index (χ2n) is 7.77. The summed E-state index contributed by atoms with van der Waals surface area (Å²) in [4.78, 5) is 43.1. The molecule has 3 aromatic rings. The fourth-order valence-corrected chi connectivity index (χ4v) is 4.43. The Morgan fingerprint density at radius 1 is 0.943 bits per heavy atom. The number of nitrogens with one attached hydrogen (secondary N) is 2. The summed E-state index contributed by atoms with van der Waals surface area (Å²) in [5, 5.41) is 13.9. The van der Waals surface area contributed by atoms with Crippen molar-refractivity contribution in [1.29, 1.82) is 0 Å². The number of hydrogen-bond acceptors (Lipinski definition) is 7. The molecule has 0 saturated heterocycles. The molecule has 0 aliphatic heterocycles. The molecular formula is C25H24N4O5S. The Labute approximate surface area is 206 Å². The van der Waals surface area contributed by atoms with Crippen molar-refractivity contribution in [3.63, 3.8) is 0 Å². The van der Waals surface area contributed by atoms with Crippen LogP contribution in [0.3, 0.4) is 0 Å². The lowest BCUT2D eigenvalue weighted by Gasteiger charge is -2.14. The highest BCUT2D eigenvalue weighted by molar-refractivity contribution is 7.99. The van der Waals surface area contributed by atoms with Crippen molar-refractivity contribution in [2.75, 3.05) is 24.7 Å². The molecule has 1 heterocycles.